The van der Waals surface area contributed by atoms with Crippen molar-refractivity contribution in [1.29, 1.82) is 0 Å². The number of benzene rings is 2. The van der Waals surface area contributed by atoms with Gasteiger partial charge in [0, 0.05) is 0 Å². The Bertz CT molecular complexity index is 678. The van der Waals surface area contributed by atoms with Gasteiger partial charge in [0.05, 0.1) is 6.61 Å². The molecule has 0 N–H and O–H groups in total. The molecule has 0 saturated carbocycles. The quantitative estimate of drug-likeness (QED) is 0.462. The Morgan fingerprint density at radius 1 is 0.852 bits per heavy atom. The molecule has 0 aliphatic carbocycles. The Balaban J connectivity index is 1.92. The summed E-state index contributed by atoms with van der Waals surface area (Å²) in [6, 6.07) is 16.9. The summed E-state index contributed by atoms with van der Waals surface area (Å²) < 4.78 is 11.8. The average Bonchev–Trinajstić information content (AvgIpc) is 2.59. The van der Waals surface area contributed by atoms with Gasteiger partial charge in [-0.25, -0.2) is 0 Å². The van der Waals surface area contributed by atoms with Gasteiger partial charge in [0.15, 0.2) is 6.29 Å². The number of aryl methyl sites for hydroxylation is 1. The fourth-order valence-corrected chi connectivity index (χ4v) is 3.32. The smallest absolute Gasteiger partial charge is 0.197 e. The standard InChI is InChI=1S/C25H36O2/c1-18(2)24(16-25(5,6)7)22-12-14-23(15-13-22)27-20(4)26-17-21-10-8-19(3)9-11-21/h8-15,18,20,24H,16-17H2,1-7H3. The molecule has 0 heterocycles. The molecule has 0 amide bonds. The van der Waals surface area contributed by atoms with E-state index in [0.29, 0.717) is 23.9 Å². The summed E-state index contributed by atoms with van der Waals surface area (Å²) in [5, 5.41) is 0. The third-order valence-electron chi connectivity index (χ3n) is 4.85. The lowest BCUT2D eigenvalue weighted by Crippen LogP contribution is -2.17. The zero-order valence-corrected chi connectivity index (χ0v) is 18.1. The number of ether oxygens (including phenoxy) is 2. The van der Waals surface area contributed by atoms with Gasteiger partial charge >= 0.3 is 0 Å². The highest BCUT2D eigenvalue weighted by Gasteiger charge is 2.23. The van der Waals surface area contributed by atoms with Gasteiger partial charge in [0.25, 0.3) is 0 Å². The van der Waals surface area contributed by atoms with E-state index in [1.165, 1.54) is 17.5 Å². The lowest BCUT2D eigenvalue weighted by molar-refractivity contribution is -0.0759. The summed E-state index contributed by atoms with van der Waals surface area (Å²) in [7, 11) is 0. The maximum atomic E-state index is 5.93. The van der Waals surface area contributed by atoms with Crippen LogP contribution in [0.1, 0.15) is 70.6 Å². The highest BCUT2D eigenvalue weighted by molar-refractivity contribution is 5.30. The molecule has 148 valence electrons. The molecule has 0 radical (unpaired) electrons. The van der Waals surface area contributed by atoms with Crippen molar-refractivity contribution in [3.63, 3.8) is 0 Å². The SMILES string of the molecule is Cc1ccc(COC(C)Oc2ccc(C(CC(C)(C)C)C(C)C)cc2)cc1. The molecule has 2 rings (SSSR count). The van der Waals surface area contributed by atoms with Crippen molar-refractivity contribution in [3.05, 3.63) is 65.2 Å². The molecule has 2 atom stereocenters. The molecule has 2 heteroatoms. The monoisotopic (exact) mass is 368 g/mol. The molecule has 0 saturated heterocycles. The van der Waals surface area contributed by atoms with E-state index in [9.17, 15) is 0 Å². The Kier molecular flexibility index (Phi) is 7.49. The van der Waals surface area contributed by atoms with E-state index in [-0.39, 0.29) is 6.29 Å². The molecule has 0 fully saturated rings. The topological polar surface area (TPSA) is 18.5 Å². The molecule has 2 nitrogen and oxygen atoms in total. The molecule has 0 spiro atoms. The summed E-state index contributed by atoms with van der Waals surface area (Å²) in [6.07, 6.45) is 0.897. The van der Waals surface area contributed by atoms with Gasteiger partial charge in [-0.05, 0) is 60.8 Å². The average molecular weight is 369 g/mol. The van der Waals surface area contributed by atoms with Crippen LogP contribution in [0.25, 0.3) is 0 Å². The summed E-state index contributed by atoms with van der Waals surface area (Å²) in [5.41, 5.74) is 4.13. The summed E-state index contributed by atoms with van der Waals surface area (Å²) in [4.78, 5) is 0. The van der Waals surface area contributed by atoms with Crippen LogP contribution in [-0.2, 0) is 11.3 Å². The van der Waals surface area contributed by atoms with Gasteiger partial charge in [-0.3, -0.25) is 0 Å². The second-order valence-electron chi connectivity index (χ2n) is 9.17. The van der Waals surface area contributed by atoms with Crippen LogP contribution < -0.4 is 4.74 Å². The van der Waals surface area contributed by atoms with E-state index in [2.05, 4.69) is 90.1 Å². The lowest BCUT2D eigenvalue weighted by atomic mass is 9.76. The Hall–Kier alpha value is -1.80. The van der Waals surface area contributed by atoms with Gasteiger partial charge in [0.2, 0.25) is 0 Å². The lowest BCUT2D eigenvalue weighted by Gasteiger charge is -2.29. The van der Waals surface area contributed by atoms with Crippen LogP contribution in [0.4, 0.5) is 0 Å². The van der Waals surface area contributed by atoms with Crippen LogP contribution in [0, 0.1) is 18.3 Å². The summed E-state index contributed by atoms with van der Waals surface area (Å²) in [5.74, 6) is 2.04. The van der Waals surface area contributed by atoms with Gasteiger partial charge in [-0.15, -0.1) is 0 Å². The van der Waals surface area contributed by atoms with Gasteiger partial charge in [0.1, 0.15) is 5.75 Å². The van der Waals surface area contributed by atoms with Crippen molar-refractivity contribution in [2.24, 2.45) is 11.3 Å². The predicted molar refractivity (Wildman–Crippen MR) is 114 cm³/mol. The Labute approximate surface area is 165 Å². The van der Waals surface area contributed by atoms with Gasteiger partial charge in [-0.2, -0.15) is 0 Å². The minimum Gasteiger partial charge on any atom is -0.465 e. The Morgan fingerprint density at radius 2 is 1.44 bits per heavy atom. The molecule has 0 aromatic heterocycles. The van der Waals surface area contributed by atoms with Crippen LogP contribution in [-0.4, -0.2) is 6.29 Å². The molecular formula is C25H36O2. The van der Waals surface area contributed by atoms with Crippen molar-refractivity contribution in [1.82, 2.24) is 0 Å². The molecular weight excluding hydrogens is 332 g/mol. The number of hydrogen-bond acceptors (Lipinski definition) is 2. The molecule has 2 unspecified atom stereocenters. The van der Waals surface area contributed by atoms with Gasteiger partial charge < -0.3 is 9.47 Å². The van der Waals surface area contributed by atoms with Crippen LogP contribution in [0.15, 0.2) is 48.5 Å². The molecule has 0 aliphatic heterocycles. The van der Waals surface area contributed by atoms with Crippen molar-refractivity contribution in [2.45, 2.75) is 73.7 Å². The van der Waals surface area contributed by atoms with E-state index in [1.807, 2.05) is 6.92 Å². The predicted octanol–water partition coefficient (Wildman–Crippen LogP) is 7.11. The first-order valence-corrected chi connectivity index (χ1v) is 10.1. The first-order valence-electron chi connectivity index (χ1n) is 10.1. The zero-order valence-electron chi connectivity index (χ0n) is 18.1. The highest BCUT2D eigenvalue weighted by atomic mass is 16.7. The second kappa shape index (κ2) is 9.41. The van der Waals surface area contributed by atoms with E-state index in [0.717, 1.165) is 11.3 Å². The Morgan fingerprint density at radius 3 is 1.96 bits per heavy atom. The summed E-state index contributed by atoms with van der Waals surface area (Å²) >= 11 is 0. The number of hydrogen-bond donors (Lipinski definition) is 0. The second-order valence-corrected chi connectivity index (χ2v) is 9.17. The zero-order chi connectivity index (χ0) is 20.0. The number of rotatable bonds is 8. The van der Waals surface area contributed by atoms with Crippen molar-refractivity contribution < 1.29 is 9.47 Å². The molecule has 0 bridgehead atoms. The summed E-state index contributed by atoms with van der Waals surface area (Å²) in [6.45, 7) is 16.1. The van der Waals surface area contributed by atoms with Crippen LogP contribution >= 0.6 is 0 Å². The third-order valence-corrected chi connectivity index (χ3v) is 4.85. The van der Waals surface area contributed by atoms with Crippen molar-refractivity contribution in [2.75, 3.05) is 0 Å². The van der Waals surface area contributed by atoms with E-state index in [4.69, 9.17) is 9.47 Å². The van der Waals surface area contributed by atoms with Gasteiger partial charge in [-0.1, -0.05) is 76.6 Å². The minimum atomic E-state index is -0.285. The van der Waals surface area contributed by atoms with E-state index >= 15 is 0 Å². The normalized spacial score (nSPS) is 14.2. The first kappa shape index (κ1) is 21.5. The largest absolute Gasteiger partial charge is 0.465 e. The highest BCUT2D eigenvalue weighted by Crippen LogP contribution is 2.36. The van der Waals surface area contributed by atoms with Crippen LogP contribution in [0.3, 0.4) is 0 Å². The maximum absolute atomic E-state index is 5.93. The van der Waals surface area contributed by atoms with Crippen LogP contribution in [0.5, 0.6) is 5.75 Å². The fraction of sp³-hybridized carbons (Fsp3) is 0.520. The fourth-order valence-electron chi connectivity index (χ4n) is 3.32. The molecule has 0 aliphatic rings. The van der Waals surface area contributed by atoms with Crippen molar-refractivity contribution >= 4 is 0 Å². The minimum absolute atomic E-state index is 0.285. The van der Waals surface area contributed by atoms with E-state index < -0.39 is 0 Å². The molecule has 27 heavy (non-hydrogen) atoms. The molecule has 2 aromatic carbocycles. The van der Waals surface area contributed by atoms with Crippen molar-refractivity contribution in [3.8, 4) is 5.75 Å². The maximum Gasteiger partial charge on any atom is 0.197 e. The molecule has 2 aromatic rings. The van der Waals surface area contributed by atoms with Crippen LogP contribution in [0.2, 0.25) is 0 Å². The third kappa shape index (κ3) is 7.38. The first-order chi connectivity index (χ1) is 12.6. The van der Waals surface area contributed by atoms with E-state index in [1.54, 1.807) is 0 Å².